The second kappa shape index (κ2) is 4.74. The first-order chi connectivity index (χ1) is 5.29. The van der Waals surface area contributed by atoms with Crippen LogP contribution in [0.4, 0.5) is 0 Å². The molecule has 1 aliphatic carbocycles. The molecule has 0 spiro atoms. The Labute approximate surface area is 68.2 Å². The molecule has 2 nitrogen and oxygen atoms in total. The van der Waals surface area contributed by atoms with E-state index in [0.29, 0.717) is 5.92 Å². The number of rotatable bonds is 2. The van der Waals surface area contributed by atoms with E-state index < -0.39 is 8.03 Å². The molecule has 0 aromatic heterocycles. The summed E-state index contributed by atoms with van der Waals surface area (Å²) in [6.07, 6.45) is 8.21. The Morgan fingerprint density at radius 1 is 1.27 bits per heavy atom. The maximum atomic E-state index is 10.3. The summed E-state index contributed by atoms with van der Waals surface area (Å²) in [5, 5.41) is 0. The van der Waals surface area contributed by atoms with Gasteiger partial charge in [0, 0.05) is 0 Å². The molecule has 1 atom stereocenters. The fraction of sp³-hybridized carbons (Fsp3) is 0.750. The molecule has 3 heteroatoms. The van der Waals surface area contributed by atoms with E-state index in [2.05, 4.69) is 0 Å². The fourth-order valence-corrected chi connectivity index (χ4v) is 1.98. The van der Waals surface area contributed by atoms with Crippen molar-refractivity contribution in [3.8, 4) is 0 Å². The highest BCUT2D eigenvalue weighted by molar-refractivity contribution is 7.41. The van der Waals surface area contributed by atoms with Gasteiger partial charge in [0.25, 0.3) is 0 Å². The van der Waals surface area contributed by atoms with Gasteiger partial charge >= 0.3 is 0 Å². The Hall–Kier alpha value is -0.0700. The molecule has 1 saturated carbocycles. The minimum absolute atomic E-state index is 0.574. The Bertz CT molecular complexity index is 159. The molecule has 64 valence electrons. The highest BCUT2D eigenvalue weighted by Gasteiger charge is 2.09. The highest BCUT2D eigenvalue weighted by Crippen LogP contribution is 2.26. The molecule has 1 aliphatic rings. The standard InChI is InChI=1S/C8H15O2P/c9-11(10)7-6-8-4-2-1-3-5-8/h6-8,11H,1-5H2,(H,9,10). The van der Waals surface area contributed by atoms with Crippen molar-refractivity contribution in [1.82, 2.24) is 0 Å². The van der Waals surface area contributed by atoms with E-state index in [1.54, 1.807) is 0 Å². The van der Waals surface area contributed by atoms with Gasteiger partial charge in [0.1, 0.15) is 0 Å². The van der Waals surface area contributed by atoms with Crippen LogP contribution in [0.3, 0.4) is 0 Å². The van der Waals surface area contributed by atoms with E-state index in [0.717, 1.165) is 0 Å². The first-order valence-electron chi connectivity index (χ1n) is 4.20. The van der Waals surface area contributed by atoms with Gasteiger partial charge in [0.15, 0.2) is 0 Å². The van der Waals surface area contributed by atoms with Crippen LogP contribution in [0.5, 0.6) is 0 Å². The van der Waals surface area contributed by atoms with Crippen LogP contribution in [0.15, 0.2) is 11.9 Å². The van der Waals surface area contributed by atoms with Gasteiger partial charge in [-0.15, -0.1) is 0 Å². The lowest BCUT2D eigenvalue weighted by atomic mass is 9.90. The number of hydrogen-bond donors (Lipinski definition) is 1. The maximum Gasteiger partial charge on any atom is 0.210 e. The van der Waals surface area contributed by atoms with Crippen molar-refractivity contribution in [2.75, 3.05) is 0 Å². The Morgan fingerprint density at radius 2 is 1.91 bits per heavy atom. The molecular weight excluding hydrogens is 159 g/mol. The molecule has 0 aromatic carbocycles. The van der Waals surface area contributed by atoms with E-state index in [9.17, 15) is 4.57 Å². The van der Waals surface area contributed by atoms with Crippen molar-refractivity contribution in [3.63, 3.8) is 0 Å². The summed E-state index contributed by atoms with van der Waals surface area (Å²) >= 11 is 0. The molecule has 1 N–H and O–H groups in total. The number of allylic oxidation sites excluding steroid dienone is 1. The average Bonchev–Trinajstić information content (AvgIpc) is 2.03. The molecule has 0 aromatic rings. The molecular formula is C8H15O2P. The van der Waals surface area contributed by atoms with Crippen molar-refractivity contribution in [2.45, 2.75) is 32.1 Å². The predicted molar refractivity (Wildman–Crippen MR) is 46.9 cm³/mol. The van der Waals surface area contributed by atoms with Crippen LogP contribution in [0.25, 0.3) is 0 Å². The lowest BCUT2D eigenvalue weighted by molar-refractivity contribution is 0.419. The topological polar surface area (TPSA) is 37.3 Å². The van der Waals surface area contributed by atoms with E-state index in [1.807, 2.05) is 6.08 Å². The van der Waals surface area contributed by atoms with Crippen LogP contribution in [0, 0.1) is 5.92 Å². The summed E-state index contributed by atoms with van der Waals surface area (Å²) in [5.74, 6) is 2.03. The first-order valence-corrected chi connectivity index (χ1v) is 5.63. The van der Waals surface area contributed by atoms with Gasteiger partial charge in [-0.25, -0.2) is 0 Å². The third-order valence-corrected chi connectivity index (χ3v) is 2.64. The maximum absolute atomic E-state index is 10.3. The van der Waals surface area contributed by atoms with Gasteiger partial charge in [-0.05, 0) is 24.6 Å². The second-order valence-corrected chi connectivity index (χ2v) is 4.11. The minimum Gasteiger partial charge on any atom is -0.344 e. The van der Waals surface area contributed by atoms with Gasteiger partial charge in [-0.1, -0.05) is 25.3 Å². The van der Waals surface area contributed by atoms with Crippen molar-refractivity contribution >= 4 is 8.03 Å². The molecule has 1 fully saturated rings. The van der Waals surface area contributed by atoms with E-state index >= 15 is 0 Å². The third kappa shape index (κ3) is 3.74. The summed E-state index contributed by atoms with van der Waals surface area (Å²) in [7, 11) is -2.36. The summed E-state index contributed by atoms with van der Waals surface area (Å²) in [6.45, 7) is 0. The average molecular weight is 174 g/mol. The van der Waals surface area contributed by atoms with Crippen LogP contribution < -0.4 is 0 Å². The quantitative estimate of drug-likeness (QED) is 0.653. The predicted octanol–water partition coefficient (Wildman–Crippen LogP) is 2.55. The zero-order valence-corrected chi connectivity index (χ0v) is 7.62. The molecule has 0 aliphatic heterocycles. The van der Waals surface area contributed by atoms with Crippen molar-refractivity contribution < 1.29 is 9.46 Å². The lowest BCUT2D eigenvalue weighted by Crippen LogP contribution is -2.01. The molecule has 0 amide bonds. The van der Waals surface area contributed by atoms with Crippen LogP contribution in [0.2, 0.25) is 0 Å². The summed E-state index contributed by atoms with van der Waals surface area (Å²) in [5.41, 5.74) is 0. The van der Waals surface area contributed by atoms with Crippen LogP contribution >= 0.6 is 8.03 Å². The molecule has 0 saturated heterocycles. The normalized spacial score (nSPS) is 24.1. The molecule has 1 unspecified atom stereocenters. The van der Waals surface area contributed by atoms with Gasteiger partial charge in [-0.3, -0.25) is 4.57 Å². The largest absolute Gasteiger partial charge is 0.344 e. The molecule has 1 rings (SSSR count). The monoisotopic (exact) mass is 174 g/mol. The summed E-state index contributed by atoms with van der Waals surface area (Å²) in [4.78, 5) is 8.54. The zero-order chi connectivity index (χ0) is 8.10. The fourth-order valence-electron chi connectivity index (χ4n) is 1.55. The Morgan fingerprint density at radius 3 is 2.45 bits per heavy atom. The van der Waals surface area contributed by atoms with Crippen LogP contribution in [-0.2, 0) is 4.57 Å². The zero-order valence-electron chi connectivity index (χ0n) is 6.62. The van der Waals surface area contributed by atoms with E-state index in [4.69, 9.17) is 4.89 Å². The second-order valence-electron chi connectivity index (χ2n) is 3.10. The number of hydrogen-bond acceptors (Lipinski definition) is 1. The highest BCUT2D eigenvalue weighted by atomic mass is 31.1. The summed E-state index contributed by atoms with van der Waals surface area (Å²) < 4.78 is 10.3. The molecule has 0 heterocycles. The molecule has 11 heavy (non-hydrogen) atoms. The smallest absolute Gasteiger partial charge is 0.210 e. The van der Waals surface area contributed by atoms with E-state index in [-0.39, 0.29) is 0 Å². The van der Waals surface area contributed by atoms with E-state index in [1.165, 1.54) is 37.9 Å². The molecule has 0 radical (unpaired) electrons. The summed E-state index contributed by atoms with van der Waals surface area (Å²) in [6, 6.07) is 0. The van der Waals surface area contributed by atoms with Crippen LogP contribution in [0.1, 0.15) is 32.1 Å². The lowest BCUT2D eigenvalue weighted by Gasteiger charge is -2.17. The Balaban J connectivity index is 2.29. The Kier molecular flexibility index (Phi) is 3.88. The minimum atomic E-state index is -2.36. The van der Waals surface area contributed by atoms with Crippen molar-refractivity contribution in [2.24, 2.45) is 5.92 Å². The van der Waals surface area contributed by atoms with Crippen LogP contribution in [-0.4, -0.2) is 4.89 Å². The third-order valence-electron chi connectivity index (χ3n) is 2.16. The van der Waals surface area contributed by atoms with Crippen molar-refractivity contribution in [1.29, 1.82) is 0 Å². The van der Waals surface area contributed by atoms with Gasteiger partial charge in [0.2, 0.25) is 8.03 Å². The first kappa shape index (κ1) is 9.02. The van der Waals surface area contributed by atoms with Gasteiger partial charge < -0.3 is 4.89 Å². The molecule has 0 bridgehead atoms. The SMILES string of the molecule is O=[PH](O)C=CC1CCCCC1. The van der Waals surface area contributed by atoms with Crippen molar-refractivity contribution in [3.05, 3.63) is 11.9 Å². The van der Waals surface area contributed by atoms with Gasteiger partial charge in [-0.2, -0.15) is 0 Å². The van der Waals surface area contributed by atoms with Gasteiger partial charge in [0.05, 0.1) is 0 Å².